The largest absolute Gasteiger partial charge is 0.369 e. The third-order valence-electron chi connectivity index (χ3n) is 4.19. The summed E-state index contributed by atoms with van der Waals surface area (Å²) >= 11 is 0. The van der Waals surface area contributed by atoms with Gasteiger partial charge in [-0.3, -0.25) is 0 Å². The molecule has 0 N–H and O–H groups in total. The second kappa shape index (κ2) is 6.72. The number of sulfonamides is 1. The fourth-order valence-electron chi connectivity index (χ4n) is 2.93. The zero-order chi connectivity index (χ0) is 16.3. The fraction of sp³-hybridized carbons (Fsp3) is 0.333. The van der Waals surface area contributed by atoms with Gasteiger partial charge in [0, 0.05) is 31.9 Å². The molecule has 1 aliphatic heterocycles. The lowest BCUT2D eigenvalue weighted by atomic mass is 10.2. The molecule has 0 aliphatic carbocycles. The summed E-state index contributed by atoms with van der Waals surface area (Å²) in [6, 6.07) is 17.7. The van der Waals surface area contributed by atoms with E-state index in [4.69, 9.17) is 0 Å². The summed E-state index contributed by atoms with van der Waals surface area (Å²) in [5, 5.41) is 0. The second-order valence-corrected chi connectivity index (χ2v) is 7.94. The van der Waals surface area contributed by atoms with Crippen LogP contribution in [0.5, 0.6) is 0 Å². The molecule has 1 saturated heterocycles. The number of anilines is 1. The second-order valence-electron chi connectivity index (χ2n) is 5.97. The van der Waals surface area contributed by atoms with E-state index in [-0.39, 0.29) is 5.75 Å². The SMILES string of the molecule is Cc1cccc(N2CCN(S(=O)(=O)Cc3ccccc3)CC2)c1. The number of piperazine rings is 1. The lowest BCUT2D eigenvalue weighted by molar-refractivity contribution is 0.384. The van der Waals surface area contributed by atoms with Crippen molar-refractivity contribution in [3.63, 3.8) is 0 Å². The Balaban J connectivity index is 1.64. The van der Waals surface area contributed by atoms with E-state index in [1.54, 1.807) is 4.31 Å². The molecular weight excluding hydrogens is 308 g/mol. The first-order valence-electron chi connectivity index (χ1n) is 7.88. The van der Waals surface area contributed by atoms with Crippen LogP contribution in [0.1, 0.15) is 11.1 Å². The molecule has 23 heavy (non-hydrogen) atoms. The Labute approximate surface area is 138 Å². The summed E-state index contributed by atoms with van der Waals surface area (Å²) in [4.78, 5) is 2.25. The number of rotatable bonds is 4. The van der Waals surface area contributed by atoms with Crippen LogP contribution in [-0.4, -0.2) is 38.9 Å². The minimum Gasteiger partial charge on any atom is -0.369 e. The van der Waals surface area contributed by atoms with Gasteiger partial charge in [0.2, 0.25) is 10.0 Å². The van der Waals surface area contributed by atoms with Crippen molar-refractivity contribution < 1.29 is 8.42 Å². The van der Waals surface area contributed by atoms with Crippen molar-refractivity contribution in [3.8, 4) is 0 Å². The average Bonchev–Trinajstić information content (AvgIpc) is 2.55. The summed E-state index contributed by atoms with van der Waals surface area (Å²) in [5.74, 6) is 0.0816. The molecule has 0 atom stereocenters. The third-order valence-corrected chi connectivity index (χ3v) is 6.04. The van der Waals surface area contributed by atoms with Crippen molar-refractivity contribution in [1.82, 2.24) is 4.31 Å². The number of aryl methyl sites for hydroxylation is 1. The van der Waals surface area contributed by atoms with E-state index in [0.29, 0.717) is 13.1 Å². The van der Waals surface area contributed by atoms with Gasteiger partial charge in [-0.2, -0.15) is 4.31 Å². The van der Waals surface area contributed by atoms with Crippen LogP contribution in [0.3, 0.4) is 0 Å². The smallest absolute Gasteiger partial charge is 0.218 e. The van der Waals surface area contributed by atoms with Crippen LogP contribution in [0.25, 0.3) is 0 Å². The predicted octanol–water partition coefficient (Wildman–Crippen LogP) is 2.65. The Kier molecular flexibility index (Phi) is 4.68. The molecule has 122 valence electrons. The van der Waals surface area contributed by atoms with Crippen molar-refractivity contribution in [1.29, 1.82) is 0 Å². The van der Waals surface area contributed by atoms with E-state index in [1.807, 2.05) is 36.4 Å². The monoisotopic (exact) mass is 330 g/mol. The summed E-state index contributed by atoms with van der Waals surface area (Å²) in [6.45, 7) is 4.63. The first-order valence-corrected chi connectivity index (χ1v) is 9.49. The van der Waals surface area contributed by atoms with Crippen LogP contribution in [-0.2, 0) is 15.8 Å². The molecule has 1 heterocycles. The Hall–Kier alpha value is -1.85. The van der Waals surface area contributed by atoms with E-state index in [2.05, 4.69) is 30.0 Å². The third kappa shape index (κ3) is 3.92. The van der Waals surface area contributed by atoms with Crippen LogP contribution in [0.15, 0.2) is 54.6 Å². The van der Waals surface area contributed by atoms with Gasteiger partial charge in [0.05, 0.1) is 5.75 Å². The molecule has 1 aliphatic rings. The number of hydrogen-bond acceptors (Lipinski definition) is 3. The molecule has 0 radical (unpaired) electrons. The predicted molar refractivity (Wildman–Crippen MR) is 94.0 cm³/mol. The standard InChI is InChI=1S/C18H22N2O2S/c1-16-6-5-9-18(14-16)19-10-12-20(13-11-19)23(21,22)15-17-7-3-2-4-8-17/h2-9,14H,10-13,15H2,1H3. The van der Waals surface area contributed by atoms with Crippen LogP contribution in [0.2, 0.25) is 0 Å². The molecule has 0 unspecified atom stereocenters. The van der Waals surface area contributed by atoms with Gasteiger partial charge in [-0.15, -0.1) is 0 Å². The molecular formula is C18H22N2O2S. The van der Waals surface area contributed by atoms with Gasteiger partial charge in [0.15, 0.2) is 0 Å². The van der Waals surface area contributed by atoms with Gasteiger partial charge in [-0.25, -0.2) is 8.42 Å². The Morgan fingerprint density at radius 2 is 1.61 bits per heavy atom. The maximum Gasteiger partial charge on any atom is 0.218 e. The van der Waals surface area contributed by atoms with Gasteiger partial charge in [-0.1, -0.05) is 42.5 Å². The summed E-state index contributed by atoms with van der Waals surface area (Å²) in [5.41, 5.74) is 3.24. The molecule has 0 saturated carbocycles. The first-order chi connectivity index (χ1) is 11.0. The maximum atomic E-state index is 12.6. The minimum atomic E-state index is -3.24. The highest BCUT2D eigenvalue weighted by Crippen LogP contribution is 2.20. The first kappa shape index (κ1) is 16.0. The number of nitrogens with zero attached hydrogens (tertiary/aromatic N) is 2. The molecule has 1 fully saturated rings. The minimum absolute atomic E-state index is 0.0816. The van der Waals surface area contributed by atoms with Gasteiger partial charge in [-0.05, 0) is 30.2 Å². The fourth-order valence-corrected chi connectivity index (χ4v) is 4.44. The zero-order valence-corrected chi connectivity index (χ0v) is 14.2. The zero-order valence-electron chi connectivity index (χ0n) is 13.4. The molecule has 0 bridgehead atoms. The summed E-state index contributed by atoms with van der Waals surface area (Å²) < 4.78 is 26.7. The lowest BCUT2D eigenvalue weighted by Gasteiger charge is -2.35. The van der Waals surface area contributed by atoms with Crippen molar-refractivity contribution in [2.75, 3.05) is 31.1 Å². The van der Waals surface area contributed by atoms with Crippen LogP contribution >= 0.6 is 0 Å². The topological polar surface area (TPSA) is 40.6 Å². The van der Waals surface area contributed by atoms with Crippen molar-refractivity contribution in [2.24, 2.45) is 0 Å². The highest BCUT2D eigenvalue weighted by Gasteiger charge is 2.27. The van der Waals surface area contributed by atoms with Crippen LogP contribution in [0.4, 0.5) is 5.69 Å². The van der Waals surface area contributed by atoms with Gasteiger partial charge in [0.25, 0.3) is 0 Å². The van der Waals surface area contributed by atoms with Crippen molar-refractivity contribution in [3.05, 3.63) is 65.7 Å². The molecule has 0 aromatic heterocycles. The normalized spacial score (nSPS) is 16.5. The number of hydrogen-bond donors (Lipinski definition) is 0. The van der Waals surface area contributed by atoms with E-state index in [9.17, 15) is 8.42 Å². The van der Waals surface area contributed by atoms with E-state index in [1.165, 1.54) is 11.3 Å². The molecule has 2 aromatic carbocycles. The van der Waals surface area contributed by atoms with Gasteiger partial charge in [0.1, 0.15) is 0 Å². The lowest BCUT2D eigenvalue weighted by Crippen LogP contribution is -2.49. The van der Waals surface area contributed by atoms with Gasteiger partial charge >= 0.3 is 0 Å². The van der Waals surface area contributed by atoms with Gasteiger partial charge < -0.3 is 4.90 Å². The van der Waals surface area contributed by atoms with Crippen molar-refractivity contribution >= 4 is 15.7 Å². The van der Waals surface area contributed by atoms with E-state index < -0.39 is 10.0 Å². The Bertz CT molecular complexity index is 752. The molecule has 0 amide bonds. The Morgan fingerprint density at radius 3 is 2.26 bits per heavy atom. The highest BCUT2D eigenvalue weighted by molar-refractivity contribution is 7.88. The van der Waals surface area contributed by atoms with Crippen LogP contribution in [0, 0.1) is 6.92 Å². The maximum absolute atomic E-state index is 12.6. The van der Waals surface area contributed by atoms with E-state index >= 15 is 0 Å². The Morgan fingerprint density at radius 1 is 0.913 bits per heavy atom. The molecule has 4 nitrogen and oxygen atoms in total. The van der Waals surface area contributed by atoms with E-state index in [0.717, 1.165) is 18.7 Å². The summed E-state index contributed by atoms with van der Waals surface area (Å²) in [6.07, 6.45) is 0. The van der Waals surface area contributed by atoms with Crippen molar-refractivity contribution in [2.45, 2.75) is 12.7 Å². The average molecular weight is 330 g/mol. The van der Waals surface area contributed by atoms with Crippen LogP contribution < -0.4 is 4.90 Å². The molecule has 0 spiro atoms. The number of benzene rings is 2. The quantitative estimate of drug-likeness (QED) is 0.865. The molecule has 5 heteroatoms. The molecule has 3 rings (SSSR count). The molecule has 2 aromatic rings. The highest BCUT2D eigenvalue weighted by atomic mass is 32.2. The summed E-state index contributed by atoms with van der Waals surface area (Å²) in [7, 11) is -3.24.